The molecule has 2 rings (SSSR count). The summed E-state index contributed by atoms with van der Waals surface area (Å²) in [6.07, 6.45) is 0.981. The van der Waals surface area contributed by atoms with E-state index in [1.807, 2.05) is 0 Å². The van der Waals surface area contributed by atoms with Crippen LogP contribution in [0.15, 0.2) is 4.34 Å². The van der Waals surface area contributed by atoms with Gasteiger partial charge in [-0.15, -0.1) is 22.6 Å². The van der Waals surface area contributed by atoms with E-state index in [2.05, 4.69) is 20.8 Å². The lowest BCUT2D eigenvalue weighted by molar-refractivity contribution is -0.120. The van der Waals surface area contributed by atoms with E-state index in [9.17, 15) is 4.79 Å². The molecule has 1 saturated heterocycles. The predicted octanol–water partition coefficient (Wildman–Crippen LogP) is 0.127. The van der Waals surface area contributed by atoms with Crippen LogP contribution in [0.4, 0.5) is 5.13 Å². The number of halogens is 1. The van der Waals surface area contributed by atoms with Gasteiger partial charge in [0.1, 0.15) is 0 Å². The molecule has 4 N–H and O–H groups in total. The minimum Gasteiger partial charge on any atom is -0.379 e. The van der Waals surface area contributed by atoms with Gasteiger partial charge in [0.15, 0.2) is 4.34 Å². The molecule has 0 spiro atoms. The zero-order valence-electron chi connectivity index (χ0n) is 11.0. The number of hydrogen-bond donors (Lipinski definition) is 3. The van der Waals surface area contributed by atoms with Crippen molar-refractivity contribution < 1.29 is 9.53 Å². The van der Waals surface area contributed by atoms with Gasteiger partial charge in [-0.1, -0.05) is 23.1 Å². The molecule has 114 valence electrons. The van der Waals surface area contributed by atoms with E-state index < -0.39 is 0 Å². The van der Waals surface area contributed by atoms with Crippen LogP contribution < -0.4 is 16.4 Å². The van der Waals surface area contributed by atoms with Crippen molar-refractivity contribution in [3.8, 4) is 0 Å². The third kappa shape index (κ3) is 5.06. The number of carbonyl (C=O) groups excluding carboxylic acids is 1. The standard InChI is InChI=1S/C10H17N5O2S2.ClH/c1-17-7-2-3-12-4-6(7)13-8(16)5-18-10-15-14-9(11)19-10;/h6-7,12H,2-5H2,1H3,(H2,11,14)(H,13,16);1H/t6-,7+;/m0./s1. The molecule has 1 aliphatic rings. The molecular formula is C10H18ClN5O2S2. The van der Waals surface area contributed by atoms with Gasteiger partial charge >= 0.3 is 0 Å². The Kier molecular flexibility index (Phi) is 7.52. The first-order valence-corrected chi connectivity index (χ1v) is 7.74. The lowest BCUT2D eigenvalue weighted by atomic mass is 10.0. The van der Waals surface area contributed by atoms with Crippen LogP contribution in [0.2, 0.25) is 0 Å². The minimum absolute atomic E-state index is 0. The van der Waals surface area contributed by atoms with E-state index in [0.29, 0.717) is 15.2 Å². The van der Waals surface area contributed by atoms with Crippen LogP contribution in [0.1, 0.15) is 6.42 Å². The summed E-state index contributed by atoms with van der Waals surface area (Å²) in [4.78, 5) is 11.9. The van der Waals surface area contributed by atoms with Gasteiger partial charge in [-0.05, 0) is 13.0 Å². The molecule has 0 unspecified atom stereocenters. The number of nitrogens with zero attached hydrogens (tertiary/aromatic N) is 2. The average Bonchev–Trinajstić information content (AvgIpc) is 2.83. The van der Waals surface area contributed by atoms with Gasteiger partial charge in [-0.2, -0.15) is 0 Å². The van der Waals surface area contributed by atoms with Crippen LogP contribution >= 0.6 is 35.5 Å². The Morgan fingerprint density at radius 2 is 2.45 bits per heavy atom. The summed E-state index contributed by atoms with van der Waals surface area (Å²) in [5.74, 6) is 0.274. The van der Waals surface area contributed by atoms with Crippen molar-refractivity contribution in [1.82, 2.24) is 20.8 Å². The number of anilines is 1. The molecule has 7 nitrogen and oxygen atoms in total. The van der Waals surface area contributed by atoms with Gasteiger partial charge in [0, 0.05) is 13.7 Å². The topological polar surface area (TPSA) is 102 Å². The molecule has 2 atom stereocenters. The fourth-order valence-corrected chi connectivity index (χ4v) is 3.36. The Balaban J connectivity index is 0.00000200. The number of hydrogen-bond acceptors (Lipinski definition) is 8. The molecule has 0 aliphatic carbocycles. The SMILES string of the molecule is CO[C@@H]1CCNC[C@@H]1NC(=O)CSc1nnc(N)s1.Cl. The maximum Gasteiger partial charge on any atom is 0.230 e. The van der Waals surface area contributed by atoms with Crippen molar-refractivity contribution in [2.24, 2.45) is 0 Å². The van der Waals surface area contributed by atoms with Crippen molar-refractivity contribution in [1.29, 1.82) is 0 Å². The summed E-state index contributed by atoms with van der Waals surface area (Å²) in [5.41, 5.74) is 5.48. The molecule has 2 heterocycles. The summed E-state index contributed by atoms with van der Waals surface area (Å²) in [6, 6.07) is 0.0198. The van der Waals surface area contributed by atoms with E-state index in [-0.39, 0.29) is 30.5 Å². The number of methoxy groups -OCH3 is 1. The Bertz CT molecular complexity index is 434. The molecule has 20 heavy (non-hydrogen) atoms. The average molecular weight is 340 g/mol. The number of carbonyl (C=O) groups is 1. The second kappa shape index (κ2) is 8.63. The highest BCUT2D eigenvalue weighted by molar-refractivity contribution is 8.01. The molecule has 0 aromatic carbocycles. The highest BCUT2D eigenvalue weighted by atomic mass is 35.5. The van der Waals surface area contributed by atoms with Crippen molar-refractivity contribution in [2.45, 2.75) is 22.9 Å². The third-order valence-corrected chi connectivity index (χ3v) is 4.70. The van der Waals surface area contributed by atoms with Gasteiger partial charge in [0.25, 0.3) is 0 Å². The molecule has 1 aromatic rings. The van der Waals surface area contributed by atoms with E-state index in [4.69, 9.17) is 10.5 Å². The van der Waals surface area contributed by atoms with Gasteiger partial charge in [0.2, 0.25) is 11.0 Å². The first-order valence-electron chi connectivity index (χ1n) is 5.93. The van der Waals surface area contributed by atoms with Gasteiger partial charge in [0.05, 0.1) is 17.9 Å². The molecule has 0 radical (unpaired) electrons. The number of amides is 1. The summed E-state index contributed by atoms with van der Waals surface area (Å²) in [5, 5.41) is 14.2. The first-order chi connectivity index (χ1) is 9.19. The second-order valence-corrected chi connectivity index (χ2v) is 6.37. The van der Waals surface area contributed by atoms with Gasteiger partial charge < -0.3 is 21.1 Å². The fraction of sp³-hybridized carbons (Fsp3) is 0.700. The number of nitrogen functional groups attached to an aromatic ring is 1. The summed E-state index contributed by atoms with van der Waals surface area (Å²) >= 11 is 2.62. The lowest BCUT2D eigenvalue weighted by Crippen LogP contribution is -2.54. The fourth-order valence-electron chi connectivity index (χ4n) is 1.92. The van der Waals surface area contributed by atoms with Crippen LogP contribution in [0.25, 0.3) is 0 Å². The second-order valence-electron chi connectivity index (χ2n) is 4.14. The lowest BCUT2D eigenvalue weighted by Gasteiger charge is -2.31. The maximum absolute atomic E-state index is 11.9. The molecule has 1 amide bonds. The molecule has 1 aliphatic heterocycles. The van der Waals surface area contributed by atoms with Crippen molar-refractivity contribution in [3.63, 3.8) is 0 Å². The highest BCUT2D eigenvalue weighted by Gasteiger charge is 2.26. The molecule has 10 heteroatoms. The Hall–Kier alpha value is -0.610. The number of aromatic nitrogens is 2. The molecule has 1 fully saturated rings. The monoisotopic (exact) mass is 339 g/mol. The highest BCUT2D eigenvalue weighted by Crippen LogP contribution is 2.23. The summed E-state index contributed by atoms with van der Waals surface area (Å²) in [7, 11) is 1.67. The van der Waals surface area contributed by atoms with Crippen LogP contribution in [-0.4, -0.2) is 54.2 Å². The van der Waals surface area contributed by atoms with E-state index in [1.54, 1.807) is 7.11 Å². The Morgan fingerprint density at radius 3 is 3.10 bits per heavy atom. The van der Waals surface area contributed by atoms with E-state index in [0.717, 1.165) is 19.5 Å². The number of nitrogens with one attached hydrogen (secondary N) is 2. The quantitative estimate of drug-likeness (QED) is 0.655. The van der Waals surface area contributed by atoms with Crippen molar-refractivity contribution in [3.05, 3.63) is 0 Å². The maximum atomic E-state index is 11.9. The Labute approximate surface area is 131 Å². The first kappa shape index (κ1) is 17.4. The normalized spacial score (nSPS) is 22.1. The predicted molar refractivity (Wildman–Crippen MR) is 82.5 cm³/mol. The van der Waals surface area contributed by atoms with Gasteiger partial charge in [-0.3, -0.25) is 4.79 Å². The van der Waals surface area contributed by atoms with Crippen LogP contribution in [0, 0.1) is 0 Å². The number of nitrogens with two attached hydrogens (primary N) is 1. The van der Waals surface area contributed by atoms with Gasteiger partial charge in [-0.25, -0.2) is 0 Å². The van der Waals surface area contributed by atoms with Crippen molar-refractivity contribution >= 4 is 46.5 Å². The minimum atomic E-state index is -0.0329. The number of piperidine rings is 1. The largest absolute Gasteiger partial charge is 0.379 e. The van der Waals surface area contributed by atoms with Crippen LogP contribution in [-0.2, 0) is 9.53 Å². The zero-order chi connectivity index (χ0) is 13.7. The summed E-state index contributed by atoms with van der Waals surface area (Å²) in [6.45, 7) is 1.66. The molecule has 0 bridgehead atoms. The smallest absolute Gasteiger partial charge is 0.230 e. The third-order valence-electron chi connectivity index (χ3n) is 2.82. The van der Waals surface area contributed by atoms with E-state index >= 15 is 0 Å². The summed E-state index contributed by atoms with van der Waals surface area (Å²) < 4.78 is 6.08. The zero-order valence-corrected chi connectivity index (χ0v) is 13.4. The van der Waals surface area contributed by atoms with Crippen molar-refractivity contribution in [2.75, 3.05) is 31.7 Å². The molecule has 0 saturated carbocycles. The molecule has 1 aromatic heterocycles. The molecular weight excluding hydrogens is 322 g/mol. The van der Waals surface area contributed by atoms with E-state index in [1.165, 1.54) is 23.1 Å². The van der Waals surface area contributed by atoms with Crippen LogP contribution in [0.3, 0.4) is 0 Å². The number of ether oxygens (including phenoxy) is 1. The Morgan fingerprint density at radius 1 is 1.65 bits per heavy atom. The number of rotatable bonds is 5. The number of thioether (sulfide) groups is 1. The van der Waals surface area contributed by atoms with Crippen LogP contribution in [0.5, 0.6) is 0 Å².